The molecule has 0 aliphatic rings. The molecule has 2 N–H and O–H groups in total. The van der Waals surface area contributed by atoms with E-state index in [9.17, 15) is 9.18 Å². The second kappa shape index (κ2) is 8.27. The number of nitrogens with zero attached hydrogens (tertiary/aromatic N) is 2. The molecule has 0 unspecified atom stereocenters. The fourth-order valence-electron chi connectivity index (χ4n) is 2.50. The third kappa shape index (κ3) is 4.78. The number of anilines is 2. The SMILES string of the molecule is COc1ccccc1NC(=O)c1cc(NCc2ccc(F)cc2)nc(C)n1. The summed E-state index contributed by atoms with van der Waals surface area (Å²) in [7, 11) is 1.54. The summed E-state index contributed by atoms with van der Waals surface area (Å²) in [5, 5.41) is 5.91. The first kappa shape index (κ1) is 18.3. The highest BCUT2D eigenvalue weighted by molar-refractivity contribution is 6.04. The topological polar surface area (TPSA) is 76.1 Å². The lowest BCUT2D eigenvalue weighted by atomic mass is 10.2. The molecule has 6 nitrogen and oxygen atoms in total. The van der Waals surface area contributed by atoms with Gasteiger partial charge in [-0.25, -0.2) is 14.4 Å². The highest BCUT2D eigenvalue weighted by Gasteiger charge is 2.13. The van der Waals surface area contributed by atoms with E-state index in [1.807, 2.05) is 6.07 Å². The molecular formula is C20H19FN4O2. The molecule has 0 aliphatic carbocycles. The maximum atomic E-state index is 13.0. The Balaban J connectivity index is 1.74. The van der Waals surface area contributed by atoms with Crippen LogP contribution < -0.4 is 15.4 Å². The average Bonchev–Trinajstić information content (AvgIpc) is 2.67. The Morgan fingerprint density at radius 3 is 2.59 bits per heavy atom. The number of halogens is 1. The van der Waals surface area contributed by atoms with Gasteiger partial charge in [-0.1, -0.05) is 24.3 Å². The van der Waals surface area contributed by atoms with Gasteiger partial charge in [-0.3, -0.25) is 4.79 Å². The lowest BCUT2D eigenvalue weighted by Crippen LogP contribution is -2.16. The lowest BCUT2D eigenvalue weighted by Gasteiger charge is -2.11. The Hall–Kier alpha value is -3.48. The lowest BCUT2D eigenvalue weighted by molar-refractivity contribution is 0.102. The van der Waals surface area contributed by atoms with Crippen LogP contribution in [0.1, 0.15) is 21.9 Å². The van der Waals surface area contributed by atoms with Crippen LogP contribution in [0.15, 0.2) is 54.6 Å². The van der Waals surface area contributed by atoms with Gasteiger partial charge in [0.25, 0.3) is 5.91 Å². The third-order valence-electron chi connectivity index (χ3n) is 3.81. The summed E-state index contributed by atoms with van der Waals surface area (Å²) < 4.78 is 18.2. The van der Waals surface area contributed by atoms with E-state index in [4.69, 9.17) is 4.74 Å². The number of aryl methyl sites for hydroxylation is 1. The van der Waals surface area contributed by atoms with Crippen molar-refractivity contribution in [3.05, 3.63) is 77.5 Å². The number of carbonyl (C=O) groups is 1. The molecule has 3 rings (SSSR count). The van der Waals surface area contributed by atoms with Gasteiger partial charge in [0.2, 0.25) is 0 Å². The molecule has 2 aromatic carbocycles. The van der Waals surface area contributed by atoms with Gasteiger partial charge in [-0.05, 0) is 36.8 Å². The van der Waals surface area contributed by atoms with Gasteiger partial charge in [0.05, 0.1) is 12.8 Å². The molecule has 1 amide bonds. The molecular weight excluding hydrogens is 347 g/mol. The monoisotopic (exact) mass is 366 g/mol. The van der Waals surface area contributed by atoms with Gasteiger partial charge in [0.1, 0.15) is 28.9 Å². The van der Waals surface area contributed by atoms with Crippen LogP contribution in [0.4, 0.5) is 15.9 Å². The number of hydrogen-bond donors (Lipinski definition) is 2. The number of methoxy groups -OCH3 is 1. The summed E-state index contributed by atoms with van der Waals surface area (Å²) in [4.78, 5) is 21.1. The first-order valence-corrected chi connectivity index (χ1v) is 8.33. The summed E-state index contributed by atoms with van der Waals surface area (Å²) in [6.45, 7) is 2.16. The number of hydrogen-bond acceptors (Lipinski definition) is 5. The van der Waals surface area contributed by atoms with E-state index in [1.54, 1.807) is 43.3 Å². The number of para-hydroxylation sites is 2. The fourth-order valence-corrected chi connectivity index (χ4v) is 2.50. The number of nitrogens with one attached hydrogen (secondary N) is 2. The Bertz CT molecular complexity index is 945. The normalized spacial score (nSPS) is 10.3. The number of amides is 1. The van der Waals surface area contributed by atoms with Crippen LogP contribution in [0.5, 0.6) is 5.75 Å². The van der Waals surface area contributed by atoms with Crippen LogP contribution >= 0.6 is 0 Å². The molecule has 0 spiro atoms. The highest BCUT2D eigenvalue weighted by Crippen LogP contribution is 2.23. The minimum atomic E-state index is -0.366. The van der Waals surface area contributed by atoms with Crippen LogP contribution in [0.3, 0.4) is 0 Å². The largest absolute Gasteiger partial charge is 0.495 e. The van der Waals surface area contributed by atoms with Gasteiger partial charge >= 0.3 is 0 Å². The van der Waals surface area contributed by atoms with E-state index in [1.165, 1.54) is 19.2 Å². The predicted molar refractivity (Wildman–Crippen MR) is 101 cm³/mol. The van der Waals surface area contributed by atoms with E-state index < -0.39 is 0 Å². The zero-order valence-corrected chi connectivity index (χ0v) is 15.0. The molecule has 138 valence electrons. The van der Waals surface area contributed by atoms with Gasteiger partial charge in [0.15, 0.2) is 0 Å². The average molecular weight is 366 g/mol. The van der Waals surface area contributed by atoms with Crippen LogP contribution in [0, 0.1) is 12.7 Å². The van der Waals surface area contributed by atoms with Crippen molar-refractivity contribution in [2.75, 3.05) is 17.7 Å². The molecule has 0 atom stereocenters. The van der Waals surface area contributed by atoms with Crippen LogP contribution in [-0.4, -0.2) is 23.0 Å². The first-order chi connectivity index (χ1) is 13.0. The number of rotatable bonds is 6. The summed E-state index contributed by atoms with van der Waals surface area (Å²) in [6, 6.07) is 14.9. The van der Waals surface area contributed by atoms with Crippen LogP contribution in [-0.2, 0) is 6.54 Å². The van der Waals surface area contributed by atoms with E-state index in [-0.39, 0.29) is 17.4 Å². The minimum Gasteiger partial charge on any atom is -0.495 e. The molecule has 0 bridgehead atoms. The number of ether oxygens (including phenoxy) is 1. The Kier molecular flexibility index (Phi) is 5.61. The molecule has 0 saturated heterocycles. The third-order valence-corrected chi connectivity index (χ3v) is 3.81. The molecule has 0 fully saturated rings. The van der Waals surface area contributed by atoms with Crippen LogP contribution in [0.25, 0.3) is 0 Å². The molecule has 7 heteroatoms. The quantitative estimate of drug-likeness (QED) is 0.694. The second-order valence-electron chi connectivity index (χ2n) is 5.82. The van der Waals surface area contributed by atoms with E-state index in [0.717, 1.165) is 5.56 Å². The Morgan fingerprint density at radius 1 is 1.11 bits per heavy atom. The predicted octanol–water partition coefficient (Wildman–Crippen LogP) is 3.80. The van der Waals surface area contributed by atoms with Crippen molar-refractivity contribution in [1.29, 1.82) is 0 Å². The standard InChI is InChI=1S/C20H19FN4O2/c1-13-23-17(20(26)25-16-5-3-4-6-18(16)27-2)11-19(24-13)22-12-14-7-9-15(21)10-8-14/h3-11H,12H2,1-2H3,(H,25,26)(H,22,23,24). The second-order valence-corrected chi connectivity index (χ2v) is 5.82. The summed E-state index contributed by atoms with van der Waals surface area (Å²) in [5.41, 5.74) is 1.68. The Labute approximate surface area is 156 Å². The maximum absolute atomic E-state index is 13.0. The minimum absolute atomic E-state index is 0.231. The number of aromatic nitrogens is 2. The molecule has 1 aromatic heterocycles. The molecule has 3 aromatic rings. The molecule has 1 heterocycles. The van der Waals surface area contributed by atoms with Gasteiger partial charge in [-0.2, -0.15) is 0 Å². The summed E-state index contributed by atoms with van der Waals surface area (Å²) >= 11 is 0. The zero-order chi connectivity index (χ0) is 19.2. The maximum Gasteiger partial charge on any atom is 0.274 e. The summed E-state index contributed by atoms with van der Waals surface area (Å²) in [5.74, 6) is 0.884. The van der Waals surface area contributed by atoms with Crippen molar-refractivity contribution in [2.45, 2.75) is 13.5 Å². The van der Waals surface area contributed by atoms with E-state index >= 15 is 0 Å². The number of carbonyl (C=O) groups excluding carboxylic acids is 1. The molecule has 27 heavy (non-hydrogen) atoms. The molecule has 0 saturated carbocycles. The molecule has 0 aliphatic heterocycles. The van der Waals surface area contributed by atoms with Crippen molar-refractivity contribution in [3.63, 3.8) is 0 Å². The van der Waals surface area contributed by atoms with Gasteiger partial charge in [-0.15, -0.1) is 0 Å². The van der Waals surface area contributed by atoms with E-state index in [0.29, 0.717) is 29.6 Å². The zero-order valence-electron chi connectivity index (χ0n) is 15.0. The van der Waals surface area contributed by atoms with Crippen molar-refractivity contribution >= 4 is 17.4 Å². The van der Waals surface area contributed by atoms with Gasteiger partial charge in [0, 0.05) is 12.6 Å². The first-order valence-electron chi connectivity index (χ1n) is 8.33. The fraction of sp³-hybridized carbons (Fsp3) is 0.150. The summed E-state index contributed by atoms with van der Waals surface area (Å²) in [6.07, 6.45) is 0. The van der Waals surface area contributed by atoms with Crippen molar-refractivity contribution < 1.29 is 13.9 Å². The van der Waals surface area contributed by atoms with E-state index in [2.05, 4.69) is 20.6 Å². The van der Waals surface area contributed by atoms with Crippen molar-refractivity contribution in [3.8, 4) is 5.75 Å². The van der Waals surface area contributed by atoms with Crippen molar-refractivity contribution in [2.24, 2.45) is 0 Å². The van der Waals surface area contributed by atoms with Gasteiger partial charge < -0.3 is 15.4 Å². The molecule has 0 radical (unpaired) electrons. The highest BCUT2D eigenvalue weighted by atomic mass is 19.1. The number of benzene rings is 2. The Morgan fingerprint density at radius 2 is 1.85 bits per heavy atom. The van der Waals surface area contributed by atoms with Crippen molar-refractivity contribution in [1.82, 2.24) is 9.97 Å². The smallest absolute Gasteiger partial charge is 0.274 e. The van der Waals surface area contributed by atoms with Crippen LogP contribution in [0.2, 0.25) is 0 Å².